The number of amides is 1. The summed E-state index contributed by atoms with van der Waals surface area (Å²) in [7, 11) is 0. The first-order valence-electron chi connectivity index (χ1n) is 7.84. The molecule has 3 rings (SSSR count). The molecule has 1 amide bonds. The van der Waals surface area contributed by atoms with Crippen molar-refractivity contribution in [2.24, 2.45) is 0 Å². The molecule has 0 spiro atoms. The fraction of sp³-hybridized carbons (Fsp3) is 0.105. The minimum atomic E-state index is -0.115. The minimum absolute atomic E-state index is 0.115. The third-order valence-corrected chi connectivity index (χ3v) is 5.90. The summed E-state index contributed by atoms with van der Waals surface area (Å²) in [6.45, 7) is 1.92. The number of hydrogen-bond acceptors (Lipinski definition) is 5. The zero-order valence-corrected chi connectivity index (χ0v) is 16.4. The van der Waals surface area contributed by atoms with E-state index in [2.05, 4.69) is 15.3 Å². The van der Waals surface area contributed by atoms with Crippen molar-refractivity contribution >= 4 is 46.7 Å². The van der Waals surface area contributed by atoms with Crippen molar-refractivity contribution in [3.8, 4) is 0 Å². The van der Waals surface area contributed by atoms with Crippen LogP contribution in [0.1, 0.15) is 5.56 Å². The maximum atomic E-state index is 12.2. The van der Waals surface area contributed by atoms with Crippen molar-refractivity contribution in [2.75, 3.05) is 11.1 Å². The van der Waals surface area contributed by atoms with Gasteiger partial charge in [-0.3, -0.25) is 4.79 Å². The van der Waals surface area contributed by atoms with E-state index in [-0.39, 0.29) is 11.7 Å². The number of nitrogens with one attached hydrogen (secondary N) is 1. The number of nitrogens with zero attached hydrogens (tertiary/aromatic N) is 2. The molecule has 7 heteroatoms. The lowest BCUT2D eigenvalue weighted by molar-refractivity contribution is -0.113. The predicted molar refractivity (Wildman–Crippen MR) is 108 cm³/mol. The molecule has 0 atom stereocenters. The molecule has 0 saturated heterocycles. The highest BCUT2D eigenvalue weighted by Crippen LogP contribution is 2.32. The van der Waals surface area contributed by atoms with E-state index in [4.69, 9.17) is 11.6 Å². The second-order valence-electron chi connectivity index (χ2n) is 5.38. The monoisotopic (exact) mass is 401 g/mol. The largest absolute Gasteiger partial charge is 0.325 e. The highest BCUT2D eigenvalue weighted by Gasteiger charge is 2.11. The molecule has 0 saturated carbocycles. The van der Waals surface area contributed by atoms with Crippen LogP contribution in [0.15, 0.2) is 75.9 Å². The summed E-state index contributed by atoms with van der Waals surface area (Å²) in [5.41, 5.74) is 1.66. The van der Waals surface area contributed by atoms with Gasteiger partial charge in [0.25, 0.3) is 0 Å². The van der Waals surface area contributed by atoms with Crippen molar-refractivity contribution in [3.05, 3.63) is 71.5 Å². The summed E-state index contributed by atoms with van der Waals surface area (Å²) in [6.07, 6.45) is 3.29. The van der Waals surface area contributed by atoms with Crippen LogP contribution >= 0.6 is 35.1 Å². The molecule has 26 heavy (non-hydrogen) atoms. The third kappa shape index (κ3) is 5.24. The van der Waals surface area contributed by atoms with Crippen LogP contribution in [0.5, 0.6) is 0 Å². The maximum Gasteiger partial charge on any atom is 0.234 e. The molecule has 1 N–H and O–H groups in total. The lowest BCUT2D eigenvalue weighted by Crippen LogP contribution is -2.14. The van der Waals surface area contributed by atoms with E-state index in [9.17, 15) is 4.79 Å². The molecule has 0 aliphatic carbocycles. The van der Waals surface area contributed by atoms with Crippen LogP contribution in [0.2, 0.25) is 5.02 Å². The fourth-order valence-corrected chi connectivity index (χ4v) is 3.99. The Bertz CT molecular complexity index is 906. The Morgan fingerprint density at radius 1 is 1.08 bits per heavy atom. The normalized spacial score (nSPS) is 10.5. The Morgan fingerprint density at radius 3 is 2.54 bits per heavy atom. The molecule has 0 bridgehead atoms. The summed E-state index contributed by atoms with van der Waals surface area (Å²) in [6, 6.07) is 15.4. The van der Waals surface area contributed by atoms with Crippen LogP contribution in [0.25, 0.3) is 0 Å². The fourth-order valence-electron chi connectivity index (χ4n) is 2.08. The summed E-state index contributed by atoms with van der Waals surface area (Å²) in [4.78, 5) is 22.0. The van der Waals surface area contributed by atoms with E-state index in [0.29, 0.717) is 10.7 Å². The second kappa shape index (κ2) is 9.07. The highest BCUT2D eigenvalue weighted by molar-refractivity contribution is 8.02. The van der Waals surface area contributed by atoms with Gasteiger partial charge >= 0.3 is 0 Å². The van der Waals surface area contributed by atoms with E-state index in [1.807, 2.05) is 49.4 Å². The first kappa shape index (κ1) is 18.8. The minimum Gasteiger partial charge on any atom is -0.325 e. The smallest absolute Gasteiger partial charge is 0.234 e. The van der Waals surface area contributed by atoms with E-state index < -0.39 is 0 Å². The van der Waals surface area contributed by atoms with Crippen molar-refractivity contribution in [2.45, 2.75) is 21.9 Å². The zero-order chi connectivity index (χ0) is 18.4. The van der Waals surface area contributed by atoms with Gasteiger partial charge in [-0.1, -0.05) is 59.4 Å². The number of aromatic nitrogens is 2. The first-order chi connectivity index (χ1) is 12.6. The lowest BCUT2D eigenvalue weighted by atomic mass is 10.2. The van der Waals surface area contributed by atoms with E-state index in [0.717, 1.165) is 20.5 Å². The van der Waals surface area contributed by atoms with Gasteiger partial charge < -0.3 is 5.32 Å². The number of benzene rings is 2. The molecule has 3 aromatic rings. The zero-order valence-electron chi connectivity index (χ0n) is 14.0. The number of anilines is 1. The van der Waals surface area contributed by atoms with Gasteiger partial charge in [-0.2, -0.15) is 0 Å². The Morgan fingerprint density at radius 2 is 1.81 bits per heavy atom. The van der Waals surface area contributed by atoms with Gasteiger partial charge in [0, 0.05) is 28.0 Å². The number of aryl methyl sites for hydroxylation is 1. The number of carbonyl (C=O) groups excluding carboxylic acids is 1. The molecule has 0 radical (unpaired) electrons. The summed E-state index contributed by atoms with van der Waals surface area (Å²) in [5.74, 6) is 0.128. The van der Waals surface area contributed by atoms with Crippen LogP contribution in [-0.4, -0.2) is 21.6 Å². The van der Waals surface area contributed by atoms with Crippen molar-refractivity contribution < 1.29 is 4.79 Å². The lowest BCUT2D eigenvalue weighted by Gasteiger charge is -2.08. The summed E-state index contributed by atoms with van der Waals surface area (Å²) < 4.78 is 0. The van der Waals surface area contributed by atoms with Crippen LogP contribution < -0.4 is 5.32 Å². The summed E-state index contributed by atoms with van der Waals surface area (Å²) in [5, 5.41) is 5.00. The standard InChI is InChI=1S/C19H16ClN3OS2/c1-13-7-8-14(11-16(13)20)23-17(24)12-25-18-19(22-10-9-21-18)26-15-5-3-2-4-6-15/h2-11H,12H2,1H3,(H,23,24). The number of carbonyl (C=O) groups is 1. The van der Waals surface area contributed by atoms with E-state index >= 15 is 0 Å². The topological polar surface area (TPSA) is 54.9 Å². The Hall–Kier alpha value is -2.02. The quantitative estimate of drug-likeness (QED) is 0.566. The maximum absolute atomic E-state index is 12.2. The molecule has 0 unspecified atom stereocenters. The van der Waals surface area contributed by atoms with Crippen LogP contribution in [0.4, 0.5) is 5.69 Å². The SMILES string of the molecule is Cc1ccc(NC(=O)CSc2nccnc2Sc2ccccc2)cc1Cl. The van der Waals surface area contributed by atoms with Crippen LogP contribution in [0, 0.1) is 6.92 Å². The summed E-state index contributed by atoms with van der Waals surface area (Å²) >= 11 is 8.98. The molecule has 0 aliphatic rings. The van der Waals surface area contributed by atoms with Gasteiger partial charge in [0.1, 0.15) is 10.1 Å². The average Bonchev–Trinajstić information content (AvgIpc) is 2.65. The van der Waals surface area contributed by atoms with Gasteiger partial charge in [-0.05, 0) is 36.8 Å². The van der Waals surface area contributed by atoms with Crippen molar-refractivity contribution in [1.82, 2.24) is 9.97 Å². The average molecular weight is 402 g/mol. The predicted octanol–water partition coefficient (Wildman–Crippen LogP) is 5.32. The van der Waals surface area contributed by atoms with Crippen molar-refractivity contribution in [1.29, 1.82) is 0 Å². The molecule has 2 aromatic carbocycles. The number of hydrogen-bond donors (Lipinski definition) is 1. The highest BCUT2D eigenvalue weighted by atomic mass is 35.5. The van der Waals surface area contributed by atoms with E-state index in [1.54, 1.807) is 18.5 Å². The Labute approximate surface area is 165 Å². The molecular formula is C19H16ClN3OS2. The third-order valence-electron chi connectivity index (χ3n) is 3.39. The van der Waals surface area contributed by atoms with Gasteiger partial charge in [-0.15, -0.1) is 0 Å². The van der Waals surface area contributed by atoms with Crippen LogP contribution in [0.3, 0.4) is 0 Å². The van der Waals surface area contributed by atoms with Gasteiger partial charge in [0.05, 0.1) is 5.75 Å². The van der Waals surface area contributed by atoms with Crippen molar-refractivity contribution in [3.63, 3.8) is 0 Å². The number of thioether (sulfide) groups is 1. The van der Waals surface area contributed by atoms with Crippen LogP contribution in [-0.2, 0) is 4.79 Å². The Balaban J connectivity index is 1.62. The molecule has 0 aliphatic heterocycles. The van der Waals surface area contributed by atoms with Gasteiger partial charge in [-0.25, -0.2) is 9.97 Å². The van der Waals surface area contributed by atoms with E-state index in [1.165, 1.54) is 23.5 Å². The second-order valence-corrected chi connectivity index (χ2v) is 7.82. The van der Waals surface area contributed by atoms with Gasteiger partial charge in [0.15, 0.2) is 0 Å². The molecule has 4 nitrogen and oxygen atoms in total. The molecule has 1 heterocycles. The number of rotatable bonds is 6. The molecule has 0 fully saturated rings. The first-order valence-corrected chi connectivity index (χ1v) is 10.0. The Kier molecular flexibility index (Phi) is 6.55. The molecule has 132 valence electrons. The molecular weight excluding hydrogens is 386 g/mol. The van der Waals surface area contributed by atoms with Gasteiger partial charge in [0.2, 0.25) is 5.91 Å². The number of halogens is 1. The molecule has 1 aromatic heterocycles.